The van der Waals surface area contributed by atoms with E-state index in [1.54, 1.807) is 25.6 Å². The van der Waals surface area contributed by atoms with Crippen molar-refractivity contribution in [2.45, 2.75) is 25.3 Å². The normalized spacial score (nSPS) is 17.3. The monoisotopic (exact) mass is 331 g/mol. The van der Waals surface area contributed by atoms with Crippen molar-refractivity contribution in [1.29, 1.82) is 0 Å². The molecule has 5 heteroatoms. The first kappa shape index (κ1) is 15.9. The van der Waals surface area contributed by atoms with Gasteiger partial charge in [-0.2, -0.15) is 0 Å². The lowest BCUT2D eigenvalue weighted by molar-refractivity contribution is -0.131. The van der Waals surface area contributed by atoms with Crippen LogP contribution in [0.1, 0.15) is 29.3 Å². The highest BCUT2D eigenvalue weighted by atomic mass is 32.1. The summed E-state index contributed by atoms with van der Waals surface area (Å²) in [7, 11) is 3.22. The van der Waals surface area contributed by atoms with Crippen LogP contribution in [0.25, 0.3) is 0 Å². The Morgan fingerprint density at radius 3 is 2.78 bits per heavy atom. The van der Waals surface area contributed by atoms with Gasteiger partial charge < -0.3 is 14.4 Å². The number of carbonyl (C=O) groups excluding carboxylic acids is 1. The van der Waals surface area contributed by atoms with E-state index in [1.807, 2.05) is 23.1 Å². The smallest absolute Gasteiger partial charge is 0.227 e. The summed E-state index contributed by atoms with van der Waals surface area (Å²) in [5.74, 6) is 1.52. The molecule has 1 amide bonds. The van der Waals surface area contributed by atoms with Crippen molar-refractivity contribution < 1.29 is 14.3 Å². The van der Waals surface area contributed by atoms with Gasteiger partial charge in [-0.3, -0.25) is 4.79 Å². The fourth-order valence-electron chi connectivity index (χ4n) is 3.11. The zero-order valence-corrected chi connectivity index (χ0v) is 14.3. The highest BCUT2D eigenvalue weighted by Gasteiger charge is 2.30. The van der Waals surface area contributed by atoms with Crippen LogP contribution in [0.5, 0.6) is 11.5 Å². The maximum absolute atomic E-state index is 12.7. The molecule has 2 heterocycles. The van der Waals surface area contributed by atoms with Crippen LogP contribution in [0.2, 0.25) is 0 Å². The van der Waals surface area contributed by atoms with Crippen LogP contribution in [0.4, 0.5) is 0 Å². The Balaban J connectivity index is 1.74. The Morgan fingerprint density at radius 1 is 1.26 bits per heavy atom. The van der Waals surface area contributed by atoms with Gasteiger partial charge in [0.15, 0.2) is 11.5 Å². The first-order chi connectivity index (χ1) is 11.2. The van der Waals surface area contributed by atoms with Gasteiger partial charge in [0, 0.05) is 11.4 Å². The first-order valence-electron chi connectivity index (χ1n) is 7.76. The van der Waals surface area contributed by atoms with Crippen LogP contribution in [-0.4, -0.2) is 31.6 Å². The third-order valence-electron chi connectivity index (χ3n) is 4.25. The summed E-state index contributed by atoms with van der Waals surface area (Å²) >= 11 is 1.73. The zero-order valence-electron chi connectivity index (χ0n) is 13.5. The number of hydrogen-bond acceptors (Lipinski definition) is 4. The van der Waals surface area contributed by atoms with Gasteiger partial charge in [0.2, 0.25) is 5.91 Å². The number of methoxy groups -OCH3 is 2. The lowest BCUT2D eigenvalue weighted by Crippen LogP contribution is -2.31. The molecule has 1 atom stereocenters. The van der Waals surface area contributed by atoms with E-state index in [0.29, 0.717) is 17.9 Å². The number of thiophene rings is 1. The van der Waals surface area contributed by atoms with E-state index in [2.05, 4.69) is 17.5 Å². The Labute approximate surface area is 140 Å². The quantitative estimate of drug-likeness (QED) is 0.839. The largest absolute Gasteiger partial charge is 0.493 e. The molecule has 122 valence electrons. The number of ether oxygens (including phenoxy) is 2. The molecule has 0 spiro atoms. The molecule has 0 radical (unpaired) electrons. The van der Waals surface area contributed by atoms with E-state index in [1.165, 1.54) is 4.88 Å². The molecule has 1 aromatic carbocycles. The summed E-state index contributed by atoms with van der Waals surface area (Å²) in [5.41, 5.74) is 0.949. The van der Waals surface area contributed by atoms with Gasteiger partial charge in [-0.25, -0.2) is 0 Å². The predicted octanol–water partition coefficient (Wildman–Crippen LogP) is 3.67. The van der Waals surface area contributed by atoms with E-state index >= 15 is 0 Å². The van der Waals surface area contributed by atoms with Crippen LogP contribution in [0.3, 0.4) is 0 Å². The second kappa shape index (κ2) is 7.04. The lowest BCUT2D eigenvalue weighted by Gasteiger charge is -2.24. The number of rotatable bonds is 5. The molecule has 23 heavy (non-hydrogen) atoms. The molecule has 0 aliphatic carbocycles. The maximum Gasteiger partial charge on any atom is 0.227 e. The molecule has 1 fully saturated rings. The van der Waals surface area contributed by atoms with Crippen LogP contribution >= 0.6 is 11.3 Å². The van der Waals surface area contributed by atoms with E-state index in [0.717, 1.165) is 24.9 Å². The molecule has 1 aliphatic rings. The van der Waals surface area contributed by atoms with Gasteiger partial charge in [0.25, 0.3) is 0 Å². The number of hydrogen-bond donors (Lipinski definition) is 0. The zero-order chi connectivity index (χ0) is 16.2. The van der Waals surface area contributed by atoms with Crippen molar-refractivity contribution in [3.05, 3.63) is 46.2 Å². The average Bonchev–Trinajstić information content (AvgIpc) is 3.25. The SMILES string of the molecule is COc1ccc(CC(=O)N2CCC[C@H]2c2cccs2)cc1OC. The third-order valence-corrected chi connectivity index (χ3v) is 5.22. The maximum atomic E-state index is 12.7. The molecule has 3 rings (SSSR count). The van der Waals surface area contributed by atoms with Gasteiger partial charge >= 0.3 is 0 Å². The second-order valence-electron chi connectivity index (χ2n) is 5.63. The van der Waals surface area contributed by atoms with Crippen molar-refractivity contribution in [2.24, 2.45) is 0 Å². The molecule has 2 aromatic rings. The Hall–Kier alpha value is -2.01. The standard InChI is InChI=1S/C18H21NO3S/c1-21-15-8-7-13(11-16(15)22-2)12-18(20)19-9-3-5-14(19)17-6-4-10-23-17/h4,6-8,10-11,14H,3,5,9,12H2,1-2H3/t14-/m0/s1. The molecule has 0 unspecified atom stereocenters. The third kappa shape index (κ3) is 3.34. The topological polar surface area (TPSA) is 38.8 Å². The number of nitrogens with zero attached hydrogens (tertiary/aromatic N) is 1. The minimum absolute atomic E-state index is 0.174. The van der Waals surface area contributed by atoms with E-state index < -0.39 is 0 Å². The number of amides is 1. The highest BCUT2D eigenvalue weighted by Crippen LogP contribution is 2.35. The van der Waals surface area contributed by atoms with Crippen LogP contribution in [0.15, 0.2) is 35.7 Å². The van der Waals surface area contributed by atoms with Gasteiger partial charge in [-0.05, 0) is 42.0 Å². The van der Waals surface area contributed by atoms with E-state index in [-0.39, 0.29) is 11.9 Å². The lowest BCUT2D eigenvalue weighted by atomic mass is 10.1. The minimum atomic E-state index is 0.174. The van der Waals surface area contributed by atoms with Crippen LogP contribution in [-0.2, 0) is 11.2 Å². The molecule has 0 N–H and O–H groups in total. The highest BCUT2D eigenvalue weighted by molar-refractivity contribution is 7.10. The summed E-state index contributed by atoms with van der Waals surface area (Å²) in [6.45, 7) is 0.842. The Bertz CT molecular complexity index is 669. The van der Waals surface area contributed by atoms with Crippen molar-refractivity contribution in [2.75, 3.05) is 20.8 Å². The summed E-state index contributed by atoms with van der Waals surface area (Å²) in [5, 5.41) is 2.07. The van der Waals surface area contributed by atoms with Gasteiger partial charge in [-0.1, -0.05) is 12.1 Å². The fraction of sp³-hybridized carbons (Fsp3) is 0.389. The summed E-state index contributed by atoms with van der Waals surface area (Å²) in [4.78, 5) is 16.0. The van der Waals surface area contributed by atoms with Crippen LogP contribution in [0, 0.1) is 0 Å². The molecule has 0 bridgehead atoms. The predicted molar refractivity (Wildman–Crippen MR) is 91.3 cm³/mol. The summed E-state index contributed by atoms with van der Waals surface area (Å²) in [6.07, 6.45) is 2.51. The molecule has 0 saturated carbocycles. The van der Waals surface area contributed by atoms with Crippen molar-refractivity contribution in [3.63, 3.8) is 0 Å². The molecular weight excluding hydrogens is 310 g/mol. The fourth-order valence-corrected chi connectivity index (χ4v) is 3.98. The molecule has 1 aromatic heterocycles. The van der Waals surface area contributed by atoms with Crippen molar-refractivity contribution in [3.8, 4) is 11.5 Å². The van der Waals surface area contributed by atoms with Gasteiger partial charge in [-0.15, -0.1) is 11.3 Å². The number of likely N-dealkylation sites (tertiary alicyclic amines) is 1. The van der Waals surface area contributed by atoms with Crippen LogP contribution < -0.4 is 9.47 Å². The van der Waals surface area contributed by atoms with Crippen molar-refractivity contribution in [1.82, 2.24) is 4.90 Å². The molecule has 1 saturated heterocycles. The Morgan fingerprint density at radius 2 is 2.09 bits per heavy atom. The first-order valence-corrected chi connectivity index (χ1v) is 8.64. The van der Waals surface area contributed by atoms with Crippen molar-refractivity contribution >= 4 is 17.2 Å². The van der Waals surface area contributed by atoms with E-state index in [4.69, 9.17) is 9.47 Å². The minimum Gasteiger partial charge on any atom is -0.493 e. The molecular formula is C18H21NO3S. The number of carbonyl (C=O) groups is 1. The molecule has 1 aliphatic heterocycles. The van der Waals surface area contributed by atoms with E-state index in [9.17, 15) is 4.79 Å². The molecule has 4 nitrogen and oxygen atoms in total. The average molecular weight is 331 g/mol. The van der Waals surface area contributed by atoms with Gasteiger partial charge in [0.1, 0.15) is 0 Å². The second-order valence-corrected chi connectivity index (χ2v) is 6.61. The summed E-state index contributed by atoms with van der Waals surface area (Å²) < 4.78 is 10.6. The summed E-state index contributed by atoms with van der Waals surface area (Å²) in [6, 6.07) is 10.1. The number of benzene rings is 1. The Kier molecular flexibility index (Phi) is 4.86. The van der Waals surface area contributed by atoms with Gasteiger partial charge in [0.05, 0.1) is 26.7 Å².